The van der Waals surface area contributed by atoms with Gasteiger partial charge in [-0.25, -0.2) is 0 Å². The molecule has 3 unspecified atom stereocenters. The first-order valence-corrected chi connectivity index (χ1v) is 20.8. The first kappa shape index (κ1) is 46.6. The maximum absolute atomic E-state index is 12.4. The number of hydrogen-bond acceptors (Lipinski definition) is 4. The molecule has 0 fully saturated rings. The van der Waals surface area contributed by atoms with Crippen LogP contribution in [0.25, 0.3) is 0 Å². The van der Waals surface area contributed by atoms with Crippen LogP contribution in [0, 0.1) is 0 Å². The molecule has 0 aromatic rings. The van der Waals surface area contributed by atoms with Crippen molar-refractivity contribution in [3.05, 3.63) is 36.5 Å². The Bertz CT molecular complexity index is 749. The van der Waals surface area contributed by atoms with E-state index in [-0.39, 0.29) is 18.9 Å². The van der Waals surface area contributed by atoms with Gasteiger partial charge >= 0.3 is 0 Å². The number of aliphatic hydroxyl groups is 3. The van der Waals surface area contributed by atoms with Gasteiger partial charge in [-0.2, -0.15) is 0 Å². The molecular formula is C43H81NO4. The number of unbranched alkanes of at least 4 members (excludes halogenated alkanes) is 24. The highest BCUT2D eigenvalue weighted by atomic mass is 16.3. The Morgan fingerprint density at radius 2 is 0.896 bits per heavy atom. The molecule has 5 heteroatoms. The van der Waals surface area contributed by atoms with Gasteiger partial charge in [-0.1, -0.05) is 179 Å². The van der Waals surface area contributed by atoms with Crippen molar-refractivity contribution in [3.63, 3.8) is 0 Å². The van der Waals surface area contributed by atoms with Crippen LogP contribution in [0.1, 0.15) is 206 Å². The monoisotopic (exact) mass is 676 g/mol. The highest BCUT2D eigenvalue weighted by molar-refractivity contribution is 5.76. The second kappa shape index (κ2) is 38.4. The molecule has 5 nitrogen and oxygen atoms in total. The van der Waals surface area contributed by atoms with Crippen molar-refractivity contribution < 1.29 is 20.1 Å². The van der Waals surface area contributed by atoms with Crippen molar-refractivity contribution in [1.82, 2.24) is 5.32 Å². The van der Waals surface area contributed by atoms with Gasteiger partial charge in [0.25, 0.3) is 0 Å². The largest absolute Gasteiger partial charge is 0.394 e. The van der Waals surface area contributed by atoms with E-state index in [1.54, 1.807) is 6.08 Å². The molecular weight excluding hydrogens is 594 g/mol. The van der Waals surface area contributed by atoms with E-state index in [9.17, 15) is 20.1 Å². The van der Waals surface area contributed by atoms with E-state index < -0.39 is 18.2 Å². The fourth-order valence-electron chi connectivity index (χ4n) is 6.17. The molecule has 3 atom stereocenters. The van der Waals surface area contributed by atoms with Crippen LogP contribution in [0.2, 0.25) is 0 Å². The fourth-order valence-corrected chi connectivity index (χ4v) is 6.17. The molecule has 0 bridgehead atoms. The number of carbonyl (C=O) groups excluding carboxylic acids is 1. The molecule has 48 heavy (non-hydrogen) atoms. The molecule has 0 aromatic heterocycles. The Balaban J connectivity index is 3.67. The Hall–Kier alpha value is -1.43. The first-order valence-electron chi connectivity index (χ1n) is 20.8. The van der Waals surface area contributed by atoms with E-state index in [2.05, 4.69) is 43.5 Å². The molecule has 0 aliphatic carbocycles. The standard InChI is InChI=1S/C43H81NO4/c1-3-5-7-9-11-13-15-16-17-18-19-20-21-22-23-24-25-27-28-30-32-34-36-40(46)38-43(48)44-41(39-45)42(47)37-35-33-31-29-26-14-12-10-8-6-4-2/h22-23,26,29,35,37,40-42,45-47H,3-21,24-25,27-28,30-34,36,38-39H2,1-2H3,(H,44,48)/b23-22-,29-26+,37-35+. The number of aliphatic hydroxyl groups excluding tert-OH is 3. The average Bonchev–Trinajstić information content (AvgIpc) is 3.08. The summed E-state index contributed by atoms with van der Waals surface area (Å²) in [7, 11) is 0. The summed E-state index contributed by atoms with van der Waals surface area (Å²) < 4.78 is 0. The minimum Gasteiger partial charge on any atom is -0.394 e. The smallest absolute Gasteiger partial charge is 0.222 e. The molecule has 0 aromatic carbocycles. The van der Waals surface area contributed by atoms with Gasteiger partial charge in [0.1, 0.15) is 0 Å². The molecule has 0 saturated carbocycles. The second-order valence-corrected chi connectivity index (χ2v) is 14.2. The third-order valence-electron chi connectivity index (χ3n) is 9.40. The zero-order chi connectivity index (χ0) is 35.2. The average molecular weight is 676 g/mol. The van der Waals surface area contributed by atoms with Crippen LogP contribution in [0.15, 0.2) is 36.5 Å². The van der Waals surface area contributed by atoms with Crippen LogP contribution < -0.4 is 5.32 Å². The SMILES string of the molecule is CCCCCCC/C=C/CC/C=C/C(O)C(CO)NC(=O)CC(O)CCCCCCCC/C=C\CCCCCCCCCCCCCC. The van der Waals surface area contributed by atoms with E-state index in [4.69, 9.17) is 0 Å². The van der Waals surface area contributed by atoms with Gasteiger partial charge in [0, 0.05) is 0 Å². The van der Waals surface area contributed by atoms with E-state index in [1.165, 1.54) is 148 Å². The van der Waals surface area contributed by atoms with Crippen molar-refractivity contribution in [2.24, 2.45) is 0 Å². The van der Waals surface area contributed by atoms with Gasteiger partial charge in [-0.05, 0) is 57.8 Å². The lowest BCUT2D eigenvalue weighted by Gasteiger charge is -2.21. The van der Waals surface area contributed by atoms with Crippen LogP contribution in [0.3, 0.4) is 0 Å². The Labute approximate surface area is 298 Å². The predicted molar refractivity (Wildman–Crippen MR) is 208 cm³/mol. The summed E-state index contributed by atoms with van der Waals surface area (Å²) >= 11 is 0. The highest BCUT2D eigenvalue weighted by Crippen LogP contribution is 2.14. The zero-order valence-electron chi connectivity index (χ0n) is 31.9. The molecule has 0 spiro atoms. The molecule has 0 aliphatic rings. The minimum absolute atomic E-state index is 0.00175. The second-order valence-electron chi connectivity index (χ2n) is 14.2. The quantitative estimate of drug-likeness (QED) is 0.0390. The molecule has 0 saturated heterocycles. The van der Waals surface area contributed by atoms with E-state index in [1.807, 2.05) is 6.08 Å². The summed E-state index contributed by atoms with van der Waals surface area (Å²) in [5.41, 5.74) is 0. The summed E-state index contributed by atoms with van der Waals surface area (Å²) in [5.74, 6) is -0.331. The van der Waals surface area contributed by atoms with Crippen molar-refractivity contribution in [3.8, 4) is 0 Å². The summed E-state index contributed by atoms with van der Waals surface area (Å²) in [6.07, 6.45) is 47.2. The zero-order valence-corrected chi connectivity index (χ0v) is 31.9. The molecule has 0 heterocycles. The Morgan fingerprint density at radius 3 is 1.33 bits per heavy atom. The van der Waals surface area contributed by atoms with Gasteiger partial charge in [0.15, 0.2) is 0 Å². The molecule has 0 aliphatic heterocycles. The van der Waals surface area contributed by atoms with E-state index in [0.717, 1.165) is 32.1 Å². The predicted octanol–water partition coefficient (Wildman–Crippen LogP) is 11.6. The lowest BCUT2D eigenvalue weighted by atomic mass is 10.0. The van der Waals surface area contributed by atoms with Gasteiger partial charge in [0.2, 0.25) is 5.91 Å². The molecule has 282 valence electrons. The summed E-state index contributed by atoms with van der Waals surface area (Å²) in [5, 5.41) is 33.0. The van der Waals surface area contributed by atoms with E-state index >= 15 is 0 Å². The third kappa shape index (κ3) is 34.4. The summed E-state index contributed by atoms with van der Waals surface area (Å²) in [4.78, 5) is 12.4. The van der Waals surface area contributed by atoms with E-state index in [0.29, 0.717) is 6.42 Å². The lowest BCUT2D eigenvalue weighted by molar-refractivity contribution is -0.124. The fraction of sp³-hybridized carbons (Fsp3) is 0.837. The van der Waals surface area contributed by atoms with Crippen molar-refractivity contribution in [1.29, 1.82) is 0 Å². The normalized spacial score (nSPS) is 14.0. The lowest BCUT2D eigenvalue weighted by Crippen LogP contribution is -2.45. The highest BCUT2D eigenvalue weighted by Gasteiger charge is 2.20. The molecule has 1 amide bonds. The first-order chi connectivity index (χ1) is 23.5. The minimum atomic E-state index is -0.951. The van der Waals surface area contributed by atoms with Gasteiger partial charge in [-0.3, -0.25) is 4.79 Å². The van der Waals surface area contributed by atoms with Gasteiger partial charge < -0.3 is 20.6 Å². The van der Waals surface area contributed by atoms with Crippen LogP contribution >= 0.6 is 0 Å². The maximum Gasteiger partial charge on any atom is 0.222 e. The van der Waals surface area contributed by atoms with Crippen molar-refractivity contribution in [2.75, 3.05) is 6.61 Å². The number of allylic oxidation sites excluding steroid dienone is 5. The van der Waals surface area contributed by atoms with Crippen LogP contribution in [0.4, 0.5) is 0 Å². The number of amides is 1. The number of rotatable bonds is 37. The molecule has 4 N–H and O–H groups in total. The van der Waals surface area contributed by atoms with Crippen LogP contribution in [0.5, 0.6) is 0 Å². The van der Waals surface area contributed by atoms with Crippen molar-refractivity contribution in [2.45, 2.75) is 225 Å². The van der Waals surface area contributed by atoms with Gasteiger partial charge in [-0.15, -0.1) is 0 Å². The topological polar surface area (TPSA) is 89.8 Å². The van der Waals surface area contributed by atoms with Gasteiger partial charge in [0.05, 0.1) is 31.3 Å². The van der Waals surface area contributed by atoms with Crippen LogP contribution in [-0.2, 0) is 4.79 Å². The molecule has 0 radical (unpaired) electrons. The summed E-state index contributed by atoms with van der Waals surface area (Å²) in [6.45, 7) is 4.17. The summed E-state index contributed by atoms with van der Waals surface area (Å²) in [6, 6.07) is -0.760. The maximum atomic E-state index is 12.4. The number of hydrogen-bond donors (Lipinski definition) is 4. The van der Waals surface area contributed by atoms with Crippen molar-refractivity contribution >= 4 is 5.91 Å². The Morgan fingerprint density at radius 1 is 0.521 bits per heavy atom. The van der Waals surface area contributed by atoms with Crippen LogP contribution in [-0.4, -0.2) is 46.1 Å². The molecule has 0 rings (SSSR count). The number of carbonyl (C=O) groups is 1. The third-order valence-corrected chi connectivity index (χ3v) is 9.40. The Kier molecular flexibility index (Phi) is 37.2. The number of nitrogens with one attached hydrogen (secondary N) is 1.